The van der Waals surface area contributed by atoms with E-state index in [0.717, 1.165) is 5.56 Å². The Morgan fingerprint density at radius 3 is 2.39 bits per heavy atom. The number of carbonyl (C=O) groups excluding carboxylic acids is 2. The summed E-state index contributed by atoms with van der Waals surface area (Å²) in [5.74, 6) is -0.297. The minimum atomic E-state index is -3.85. The number of aryl methyl sites for hydroxylation is 1. The van der Waals surface area contributed by atoms with E-state index in [4.69, 9.17) is 0 Å². The molecule has 0 spiro atoms. The highest BCUT2D eigenvalue weighted by Crippen LogP contribution is 2.31. The summed E-state index contributed by atoms with van der Waals surface area (Å²) in [5.41, 5.74) is 1.96. The number of piperidine rings is 1. The van der Waals surface area contributed by atoms with Gasteiger partial charge in [0.25, 0.3) is 5.91 Å². The van der Waals surface area contributed by atoms with Crippen molar-refractivity contribution in [3.8, 4) is 0 Å². The Bertz CT molecular complexity index is 1390. The SMILES string of the molecule is CCNC(=O)N1CC[C@H](NS(=O)(=O)c2ccc(NC(=O)c3ccccc3C)c3ccccc23)C(C)C1. The Balaban J connectivity index is 1.57. The fraction of sp³-hybridized carbons (Fsp3) is 0.333. The number of sulfonamides is 1. The average Bonchev–Trinajstić information content (AvgIpc) is 2.85. The van der Waals surface area contributed by atoms with Crippen LogP contribution in [0.2, 0.25) is 0 Å². The number of nitrogens with one attached hydrogen (secondary N) is 3. The summed E-state index contributed by atoms with van der Waals surface area (Å²) < 4.78 is 29.8. The minimum Gasteiger partial charge on any atom is -0.338 e. The number of likely N-dealkylation sites (tertiary alicyclic amines) is 1. The molecule has 0 radical (unpaired) electrons. The van der Waals surface area contributed by atoms with Crippen LogP contribution in [0.3, 0.4) is 0 Å². The van der Waals surface area contributed by atoms with Crippen LogP contribution >= 0.6 is 0 Å². The van der Waals surface area contributed by atoms with Gasteiger partial charge in [0.05, 0.1) is 4.90 Å². The fourth-order valence-electron chi connectivity index (χ4n) is 4.66. The second-order valence-electron chi connectivity index (χ2n) is 9.20. The number of rotatable bonds is 6. The largest absolute Gasteiger partial charge is 0.338 e. The van der Waals surface area contributed by atoms with Gasteiger partial charge < -0.3 is 15.5 Å². The van der Waals surface area contributed by atoms with Crippen LogP contribution in [-0.4, -0.2) is 50.9 Å². The van der Waals surface area contributed by atoms with Gasteiger partial charge in [0.15, 0.2) is 0 Å². The molecule has 36 heavy (non-hydrogen) atoms. The summed E-state index contributed by atoms with van der Waals surface area (Å²) >= 11 is 0. The first-order chi connectivity index (χ1) is 17.2. The fourth-order valence-corrected chi connectivity index (χ4v) is 6.25. The molecule has 3 aromatic rings. The number of nitrogens with zero attached hydrogens (tertiary/aromatic N) is 1. The quantitative estimate of drug-likeness (QED) is 0.466. The third-order valence-electron chi connectivity index (χ3n) is 6.64. The number of carbonyl (C=O) groups is 2. The molecule has 3 amide bonds. The van der Waals surface area contributed by atoms with Crippen LogP contribution in [0.15, 0.2) is 65.6 Å². The molecule has 1 aliphatic heterocycles. The van der Waals surface area contributed by atoms with E-state index in [1.54, 1.807) is 35.2 Å². The summed E-state index contributed by atoms with van der Waals surface area (Å²) in [5, 5.41) is 6.90. The van der Waals surface area contributed by atoms with E-state index in [1.807, 2.05) is 45.0 Å². The number of fused-ring (bicyclic) bond motifs is 1. The molecule has 190 valence electrons. The molecule has 0 aliphatic carbocycles. The molecule has 3 aromatic carbocycles. The first-order valence-electron chi connectivity index (χ1n) is 12.1. The molecule has 1 fully saturated rings. The molecule has 4 rings (SSSR count). The van der Waals surface area contributed by atoms with Gasteiger partial charge in [-0.25, -0.2) is 17.9 Å². The third-order valence-corrected chi connectivity index (χ3v) is 8.19. The van der Waals surface area contributed by atoms with Gasteiger partial charge in [-0.15, -0.1) is 0 Å². The van der Waals surface area contributed by atoms with Crippen molar-refractivity contribution >= 4 is 38.4 Å². The van der Waals surface area contributed by atoms with E-state index in [1.165, 1.54) is 6.07 Å². The summed E-state index contributed by atoms with van der Waals surface area (Å²) in [6.07, 6.45) is 0.528. The van der Waals surface area contributed by atoms with Crippen molar-refractivity contribution in [1.29, 1.82) is 0 Å². The monoisotopic (exact) mass is 508 g/mol. The molecule has 1 unspecified atom stereocenters. The Morgan fingerprint density at radius 1 is 1.00 bits per heavy atom. The molecule has 9 heteroatoms. The second kappa shape index (κ2) is 10.7. The molecule has 8 nitrogen and oxygen atoms in total. The minimum absolute atomic E-state index is 0.0462. The molecule has 0 saturated carbocycles. The van der Waals surface area contributed by atoms with Crippen molar-refractivity contribution in [3.05, 3.63) is 71.8 Å². The molecule has 0 aromatic heterocycles. The van der Waals surface area contributed by atoms with E-state index in [2.05, 4.69) is 15.4 Å². The highest BCUT2D eigenvalue weighted by Gasteiger charge is 2.32. The predicted molar refractivity (Wildman–Crippen MR) is 142 cm³/mol. The lowest BCUT2D eigenvalue weighted by molar-refractivity contribution is 0.102. The number of hydrogen-bond donors (Lipinski definition) is 3. The Hall–Kier alpha value is -3.43. The topological polar surface area (TPSA) is 108 Å². The maximum Gasteiger partial charge on any atom is 0.317 e. The number of amides is 3. The highest BCUT2D eigenvalue weighted by molar-refractivity contribution is 7.89. The highest BCUT2D eigenvalue weighted by atomic mass is 32.2. The maximum absolute atomic E-state index is 13.5. The van der Waals surface area contributed by atoms with Crippen LogP contribution in [0, 0.1) is 12.8 Å². The van der Waals surface area contributed by atoms with Crippen LogP contribution in [-0.2, 0) is 10.0 Å². The van der Waals surface area contributed by atoms with Crippen molar-refractivity contribution in [2.24, 2.45) is 5.92 Å². The first-order valence-corrected chi connectivity index (χ1v) is 13.6. The lowest BCUT2D eigenvalue weighted by Crippen LogP contribution is -2.53. The molecule has 1 aliphatic rings. The average molecular weight is 509 g/mol. The lowest BCUT2D eigenvalue weighted by atomic mass is 9.95. The van der Waals surface area contributed by atoms with Crippen molar-refractivity contribution < 1.29 is 18.0 Å². The summed E-state index contributed by atoms with van der Waals surface area (Å²) in [6.45, 7) is 7.19. The Morgan fingerprint density at radius 2 is 1.69 bits per heavy atom. The molecule has 1 heterocycles. The lowest BCUT2D eigenvalue weighted by Gasteiger charge is -2.37. The van der Waals surface area contributed by atoms with Gasteiger partial charge in [0.1, 0.15) is 0 Å². The molecule has 1 saturated heterocycles. The zero-order valence-corrected chi connectivity index (χ0v) is 21.6. The van der Waals surface area contributed by atoms with Crippen molar-refractivity contribution in [3.63, 3.8) is 0 Å². The second-order valence-corrected chi connectivity index (χ2v) is 10.9. The Labute approximate surface area is 212 Å². The van der Waals surface area contributed by atoms with Gasteiger partial charge in [-0.3, -0.25) is 4.79 Å². The smallest absolute Gasteiger partial charge is 0.317 e. The normalized spacial score (nSPS) is 18.1. The standard InChI is InChI=1S/C27H32N4O4S/c1-4-28-27(33)31-16-15-23(19(3)17-31)30-36(34,35)25-14-13-24(21-11-7-8-12-22(21)25)29-26(32)20-10-6-5-9-18(20)2/h5-14,19,23,30H,4,15-17H2,1-3H3,(H,28,33)(H,29,32)/t19?,23-/m0/s1. The van der Waals surface area contributed by atoms with Crippen LogP contribution in [0.5, 0.6) is 0 Å². The molecular formula is C27H32N4O4S. The number of anilines is 1. The van der Waals surface area contributed by atoms with Crippen LogP contribution in [0.1, 0.15) is 36.2 Å². The van der Waals surface area contributed by atoms with E-state index in [-0.39, 0.29) is 28.8 Å². The zero-order chi connectivity index (χ0) is 25.9. The zero-order valence-electron chi connectivity index (χ0n) is 20.7. The molecule has 0 bridgehead atoms. The summed E-state index contributed by atoms with van der Waals surface area (Å²) in [4.78, 5) is 26.9. The van der Waals surface area contributed by atoms with Crippen molar-refractivity contribution in [2.45, 2.75) is 38.1 Å². The van der Waals surface area contributed by atoms with Crippen LogP contribution < -0.4 is 15.4 Å². The van der Waals surface area contributed by atoms with E-state index in [9.17, 15) is 18.0 Å². The van der Waals surface area contributed by atoms with Crippen molar-refractivity contribution in [2.75, 3.05) is 25.0 Å². The Kier molecular flexibility index (Phi) is 7.61. The van der Waals surface area contributed by atoms with Gasteiger partial charge in [-0.1, -0.05) is 49.4 Å². The van der Waals surface area contributed by atoms with E-state index >= 15 is 0 Å². The van der Waals surface area contributed by atoms with Gasteiger partial charge >= 0.3 is 6.03 Å². The van der Waals surface area contributed by atoms with Crippen LogP contribution in [0.4, 0.5) is 10.5 Å². The maximum atomic E-state index is 13.5. The van der Waals surface area contributed by atoms with Gasteiger partial charge in [-0.05, 0) is 49.9 Å². The van der Waals surface area contributed by atoms with E-state index in [0.29, 0.717) is 48.1 Å². The summed E-state index contributed by atoms with van der Waals surface area (Å²) in [7, 11) is -3.85. The van der Waals surface area contributed by atoms with Crippen molar-refractivity contribution in [1.82, 2.24) is 14.9 Å². The molecule has 3 N–H and O–H groups in total. The van der Waals surface area contributed by atoms with E-state index < -0.39 is 10.0 Å². The van der Waals surface area contributed by atoms with Gasteiger partial charge in [0, 0.05) is 47.7 Å². The first kappa shape index (κ1) is 25.7. The third kappa shape index (κ3) is 5.37. The molecule has 2 atom stereocenters. The number of benzene rings is 3. The van der Waals surface area contributed by atoms with Gasteiger partial charge in [-0.2, -0.15) is 0 Å². The summed E-state index contributed by atoms with van der Waals surface area (Å²) in [6, 6.07) is 17.2. The molecular weight excluding hydrogens is 476 g/mol. The number of hydrogen-bond acceptors (Lipinski definition) is 4. The van der Waals surface area contributed by atoms with Crippen LogP contribution in [0.25, 0.3) is 10.8 Å². The van der Waals surface area contributed by atoms with Gasteiger partial charge in [0.2, 0.25) is 10.0 Å². The number of urea groups is 1. The predicted octanol–water partition coefficient (Wildman–Crippen LogP) is 4.12.